The molecule has 0 aliphatic rings. The third-order valence-electron chi connectivity index (χ3n) is 2.91. The lowest BCUT2D eigenvalue weighted by molar-refractivity contribution is 0.293. The summed E-state index contributed by atoms with van der Waals surface area (Å²) in [5.41, 5.74) is 1.03. The van der Waals surface area contributed by atoms with Gasteiger partial charge in [-0.2, -0.15) is 0 Å². The van der Waals surface area contributed by atoms with E-state index in [1.165, 1.54) is 19.3 Å². The maximum absolute atomic E-state index is 5.93. The fourth-order valence-electron chi connectivity index (χ4n) is 1.80. The van der Waals surface area contributed by atoms with E-state index in [0.29, 0.717) is 5.88 Å². The Labute approximate surface area is 122 Å². The molecule has 2 nitrogen and oxygen atoms in total. The first-order valence-corrected chi connectivity index (χ1v) is 7.79. The SMILES string of the molecule is CCCCCCOc1cc(OCCC)ccc1CCl. The van der Waals surface area contributed by atoms with Crippen LogP contribution in [-0.2, 0) is 5.88 Å². The molecule has 108 valence electrons. The second-order valence-corrected chi connectivity index (χ2v) is 4.93. The Morgan fingerprint density at radius 3 is 2.47 bits per heavy atom. The maximum atomic E-state index is 5.93. The smallest absolute Gasteiger partial charge is 0.127 e. The van der Waals surface area contributed by atoms with Gasteiger partial charge in [-0.15, -0.1) is 11.6 Å². The number of benzene rings is 1. The first kappa shape index (κ1) is 16.2. The van der Waals surface area contributed by atoms with E-state index in [4.69, 9.17) is 21.1 Å². The standard InChI is InChI=1S/C16H25ClO2/c1-3-5-6-7-11-19-16-12-15(18-10-4-2)9-8-14(16)13-17/h8-9,12H,3-7,10-11,13H2,1-2H3. The lowest BCUT2D eigenvalue weighted by atomic mass is 10.2. The molecule has 0 saturated heterocycles. The Balaban J connectivity index is 2.52. The zero-order valence-electron chi connectivity index (χ0n) is 12.1. The number of hydrogen-bond acceptors (Lipinski definition) is 2. The van der Waals surface area contributed by atoms with Crippen molar-refractivity contribution in [2.24, 2.45) is 0 Å². The highest BCUT2D eigenvalue weighted by molar-refractivity contribution is 6.17. The van der Waals surface area contributed by atoms with Crippen LogP contribution in [-0.4, -0.2) is 13.2 Å². The predicted molar refractivity (Wildman–Crippen MR) is 81.4 cm³/mol. The monoisotopic (exact) mass is 284 g/mol. The van der Waals surface area contributed by atoms with Gasteiger partial charge in [-0.1, -0.05) is 39.2 Å². The van der Waals surface area contributed by atoms with Gasteiger partial charge < -0.3 is 9.47 Å². The van der Waals surface area contributed by atoms with Crippen LogP contribution < -0.4 is 9.47 Å². The van der Waals surface area contributed by atoms with Gasteiger partial charge in [-0.25, -0.2) is 0 Å². The highest BCUT2D eigenvalue weighted by atomic mass is 35.5. The summed E-state index contributed by atoms with van der Waals surface area (Å²) in [5, 5.41) is 0. The fourth-order valence-corrected chi connectivity index (χ4v) is 2.02. The van der Waals surface area contributed by atoms with Crippen LogP contribution in [0.15, 0.2) is 18.2 Å². The summed E-state index contributed by atoms with van der Waals surface area (Å²) in [6.45, 7) is 5.79. The van der Waals surface area contributed by atoms with Crippen molar-refractivity contribution in [3.05, 3.63) is 23.8 Å². The Morgan fingerprint density at radius 2 is 1.79 bits per heavy atom. The van der Waals surface area contributed by atoms with Gasteiger partial charge in [0, 0.05) is 11.6 Å². The lowest BCUT2D eigenvalue weighted by Gasteiger charge is -2.12. The van der Waals surface area contributed by atoms with Crippen LogP contribution in [0.2, 0.25) is 0 Å². The first-order chi connectivity index (χ1) is 9.31. The number of ether oxygens (including phenoxy) is 2. The van der Waals surface area contributed by atoms with Gasteiger partial charge in [-0.05, 0) is 18.9 Å². The van der Waals surface area contributed by atoms with Crippen molar-refractivity contribution in [1.82, 2.24) is 0 Å². The maximum Gasteiger partial charge on any atom is 0.127 e. The molecular formula is C16H25ClO2. The molecule has 0 spiro atoms. The van der Waals surface area contributed by atoms with Gasteiger partial charge in [0.2, 0.25) is 0 Å². The molecule has 0 unspecified atom stereocenters. The normalized spacial score (nSPS) is 10.5. The van der Waals surface area contributed by atoms with Crippen LogP contribution in [0.25, 0.3) is 0 Å². The molecule has 1 rings (SSSR count). The third-order valence-corrected chi connectivity index (χ3v) is 3.20. The van der Waals surface area contributed by atoms with E-state index in [-0.39, 0.29) is 0 Å². The van der Waals surface area contributed by atoms with Gasteiger partial charge in [0.05, 0.1) is 19.1 Å². The number of hydrogen-bond donors (Lipinski definition) is 0. The summed E-state index contributed by atoms with van der Waals surface area (Å²) in [4.78, 5) is 0. The van der Waals surface area contributed by atoms with Crippen molar-refractivity contribution in [2.45, 2.75) is 51.8 Å². The van der Waals surface area contributed by atoms with E-state index in [2.05, 4.69) is 13.8 Å². The van der Waals surface area contributed by atoms with Crippen LogP contribution in [0, 0.1) is 0 Å². The molecule has 1 aromatic rings. The minimum atomic E-state index is 0.471. The topological polar surface area (TPSA) is 18.5 Å². The van der Waals surface area contributed by atoms with Crippen molar-refractivity contribution >= 4 is 11.6 Å². The zero-order valence-corrected chi connectivity index (χ0v) is 12.8. The second kappa shape index (κ2) is 9.96. The molecule has 0 saturated carbocycles. The Morgan fingerprint density at radius 1 is 0.947 bits per heavy atom. The summed E-state index contributed by atoms with van der Waals surface area (Å²) in [6.07, 6.45) is 5.83. The van der Waals surface area contributed by atoms with Crippen molar-refractivity contribution in [3.63, 3.8) is 0 Å². The van der Waals surface area contributed by atoms with E-state index in [9.17, 15) is 0 Å². The summed E-state index contributed by atoms with van der Waals surface area (Å²) in [6, 6.07) is 5.89. The van der Waals surface area contributed by atoms with Gasteiger partial charge in [0.1, 0.15) is 11.5 Å². The molecule has 0 bridgehead atoms. The van der Waals surface area contributed by atoms with E-state index < -0.39 is 0 Å². The summed E-state index contributed by atoms with van der Waals surface area (Å²) >= 11 is 5.93. The molecule has 0 atom stereocenters. The van der Waals surface area contributed by atoms with E-state index >= 15 is 0 Å². The second-order valence-electron chi connectivity index (χ2n) is 4.66. The summed E-state index contributed by atoms with van der Waals surface area (Å²) < 4.78 is 11.4. The lowest BCUT2D eigenvalue weighted by Crippen LogP contribution is -2.01. The molecule has 19 heavy (non-hydrogen) atoms. The summed E-state index contributed by atoms with van der Waals surface area (Å²) in [5.74, 6) is 2.19. The summed E-state index contributed by atoms with van der Waals surface area (Å²) in [7, 11) is 0. The molecule has 0 fully saturated rings. The molecule has 0 aliphatic carbocycles. The average molecular weight is 285 g/mol. The molecule has 0 amide bonds. The zero-order chi connectivity index (χ0) is 13.9. The van der Waals surface area contributed by atoms with Crippen LogP contribution in [0.5, 0.6) is 11.5 Å². The first-order valence-electron chi connectivity index (χ1n) is 7.26. The number of alkyl halides is 1. The van der Waals surface area contributed by atoms with Gasteiger partial charge >= 0.3 is 0 Å². The van der Waals surface area contributed by atoms with E-state index in [1.54, 1.807) is 0 Å². The Hall–Kier alpha value is -0.890. The molecule has 1 aromatic carbocycles. The van der Waals surface area contributed by atoms with Crippen molar-refractivity contribution < 1.29 is 9.47 Å². The predicted octanol–water partition coefficient (Wildman–Crippen LogP) is 5.17. The number of halogens is 1. The van der Waals surface area contributed by atoms with E-state index in [0.717, 1.165) is 43.1 Å². The third kappa shape index (κ3) is 6.20. The highest BCUT2D eigenvalue weighted by Gasteiger charge is 2.05. The molecule has 0 aliphatic heterocycles. The minimum absolute atomic E-state index is 0.471. The quantitative estimate of drug-likeness (QED) is 0.436. The van der Waals surface area contributed by atoms with Crippen LogP contribution >= 0.6 is 11.6 Å². The molecule has 0 radical (unpaired) electrons. The van der Waals surface area contributed by atoms with Crippen LogP contribution in [0.3, 0.4) is 0 Å². The molecular weight excluding hydrogens is 260 g/mol. The Bertz CT molecular complexity index is 353. The van der Waals surface area contributed by atoms with Crippen molar-refractivity contribution in [3.8, 4) is 11.5 Å². The average Bonchev–Trinajstić information content (AvgIpc) is 2.45. The molecule has 3 heteroatoms. The van der Waals surface area contributed by atoms with Gasteiger partial charge in [0.15, 0.2) is 0 Å². The van der Waals surface area contributed by atoms with Crippen LogP contribution in [0.4, 0.5) is 0 Å². The van der Waals surface area contributed by atoms with Gasteiger partial charge in [-0.3, -0.25) is 0 Å². The van der Waals surface area contributed by atoms with Crippen molar-refractivity contribution in [1.29, 1.82) is 0 Å². The van der Waals surface area contributed by atoms with Crippen LogP contribution in [0.1, 0.15) is 51.5 Å². The number of rotatable bonds is 10. The van der Waals surface area contributed by atoms with Gasteiger partial charge in [0.25, 0.3) is 0 Å². The minimum Gasteiger partial charge on any atom is -0.493 e. The highest BCUT2D eigenvalue weighted by Crippen LogP contribution is 2.26. The van der Waals surface area contributed by atoms with E-state index in [1.807, 2.05) is 18.2 Å². The fraction of sp³-hybridized carbons (Fsp3) is 0.625. The van der Waals surface area contributed by atoms with Crippen molar-refractivity contribution in [2.75, 3.05) is 13.2 Å². The molecule has 0 heterocycles. The largest absolute Gasteiger partial charge is 0.493 e. The molecule has 0 aromatic heterocycles. The number of unbranched alkanes of at least 4 members (excludes halogenated alkanes) is 3. The Kier molecular flexibility index (Phi) is 8.48. The molecule has 0 N–H and O–H groups in total.